The first-order chi connectivity index (χ1) is 7.66. The van der Waals surface area contributed by atoms with E-state index >= 15 is 0 Å². The van der Waals surface area contributed by atoms with Crippen LogP contribution >= 0.6 is 23.2 Å². The van der Waals surface area contributed by atoms with Gasteiger partial charge in [-0.1, -0.05) is 23.2 Å². The summed E-state index contributed by atoms with van der Waals surface area (Å²) >= 11 is 11.6. The van der Waals surface area contributed by atoms with Gasteiger partial charge in [-0.3, -0.25) is 4.79 Å². The van der Waals surface area contributed by atoms with Crippen LogP contribution in [0.5, 0.6) is 0 Å². The van der Waals surface area contributed by atoms with Crippen molar-refractivity contribution in [2.24, 2.45) is 0 Å². The minimum absolute atomic E-state index is 0.104. The Morgan fingerprint density at radius 1 is 1.38 bits per heavy atom. The number of nitrogens with one attached hydrogen (secondary N) is 2. The predicted octanol–water partition coefficient (Wildman–Crippen LogP) is 2.09. The number of hydrogen-bond acceptors (Lipinski definition) is 2. The van der Waals surface area contributed by atoms with E-state index in [0.29, 0.717) is 15.6 Å². The van der Waals surface area contributed by atoms with E-state index in [-0.39, 0.29) is 11.9 Å². The standard InChI is InChI=1S/C11H12Cl2N2O/c12-9-2-1-7(5-10(9)13)11(16)15-8-3-4-14-6-8/h1-2,5,8,14H,3-4,6H2,(H,15,16)/t8-/m1/s1. The van der Waals surface area contributed by atoms with Crippen LogP contribution in [0.1, 0.15) is 16.8 Å². The Bertz CT molecular complexity index is 403. The van der Waals surface area contributed by atoms with Crippen molar-refractivity contribution in [3.63, 3.8) is 0 Å². The number of carbonyl (C=O) groups excluding carboxylic acids is 1. The van der Waals surface area contributed by atoms with Crippen molar-refractivity contribution in [1.29, 1.82) is 0 Å². The van der Waals surface area contributed by atoms with Crippen LogP contribution in [0.4, 0.5) is 0 Å². The van der Waals surface area contributed by atoms with Crippen LogP contribution in [0.15, 0.2) is 18.2 Å². The third-order valence-electron chi connectivity index (χ3n) is 2.58. The van der Waals surface area contributed by atoms with Gasteiger partial charge in [0.05, 0.1) is 10.0 Å². The van der Waals surface area contributed by atoms with Crippen LogP contribution in [0.3, 0.4) is 0 Å². The minimum atomic E-state index is -0.104. The molecule has 3 nitrogen and oxygen atoms in total. The molecule has 0 aromatic heterocycles. The van der Waals surface area contributed by atoms with Crippen LogP contribution < -0.4 is 10.6 Å². The van der Waals surface area contributed by atoms with Gasteiger partial charge in [-0.2, -0.15) is 0 Å². The zero-order chi connectivity index (χ0) is 11.5. The second kappa shape index (κ2) is 5.04. The SMILES string of the molecule is O=C(N[C@@H]1CCNC1)c1ccc(Cl)c(Cl)c1. The maximum absolute atomic E-state index is 11.8. The Labute approximate surface area is 104 Å². The zero-order valence-electron chi connectivity index (χ0n) is 8.59. The van der Waals surface area contributed by atoms with Crippen LogP contribution in [-0.4, -0.2) is 25.0 Å². The number of halogens is 2. The zero-order valence-corrected chi connectivity index (χ0v) is 10.1. The van der Waals surface area contributed by atoms with Crippen LogP contribution in [0, 0.1) is 0 Å². The largest absolute Gasteiger partial charge is 0.348 e. The first kappa shape index (κ1) is 11.7. The van der Waals surface area contributed by atoms with Crippen molar-refractivity contribution in [2.45, 2.75) is 12.5 Å². The second-order valence-electron chi connectivity index (χ2n) is 3.79. The first-order valence-electron chi connectivity index (χ1n) is 5.13. The lowest BCUT2D eigenvalue weighted by molar-refractivity contribution is 0.0940. The highest BCUT2D eigenvalue weighted by atomic mass is 35.5. The lowest BCUT2D eigenvalue weighted by atomic mass is 10.2. The van der Waals surface area contributed by atoms with Gasteiger partial charge in [-0.05, 0) is 31.2 Å². The highest BCUT2D eigenvalue weighted by molar-refractivity contribution is 6.42. The highest BCUT2D eigenvalue weighted by Gasteiger charge is 2.17. The van der Waals surface area contributed by atoms with E-state index in [2.05, 4.69) is 10.6 Å². The Morgan fingerprint density at radius 3 is 2.81 bits per heavy atom. The molecular formula is C11H12Cl2N2O. The number of hydrogen-bond donors (Lipinski definition) is 2. The fourth-order valence-corrected chi connectivity index (χ4v) is 1.98. The third-order valence-corrected chi connectivity index (χ3v) is 3.32. The fraction of sp³-hybridized carbons (Fsp3) is 0.364. The molecule has 16 heavy (non-hydrogen) atoms. The maximum atomic E-state index is 11.8. The molecule has 1 aliphatic rings. The monoisotopic (exact) mass is 258 g/mol. The molecule has 1 aromatic rings. The summed E-state index contributed by atoms with van der Waals surface area (Å²) in [6, 6.07) is 5.10. The average molecular weight is 259 g/mol. The molecule has 0 spiro atoms. The summed E-state index contributed by atoms with van der Waals surface area (Å²) in [6.45, 7) is 1.78. The summed E-state index contributed by atoms with van der Waals surface area (Å²) in [7, 11) is 0. The molecule has 0 unspecified atom stereocenters. The molecule has 0 saturated carbocycles. The van der Waals surface area contributed by atoms with Gasteiger partial charge >= 0.3 is 0 Å². The topological polar surface area (TPSA) is 41.1 Å². The van der Waals surface area contributed by atoms with Crippen molar-refractivity contribution in [2.75, 3.05) is 13.1 Å². The molecule has 1 amide bonds. The molecule has 0 radical (unpaired) electrons. The van der Waals surface area contributed by atoms with E-state index in [1.165, 1.54) is 0 Å². The molecule has 1 saturated heterocycles. The molecular weight excluding hydrogens is 247 g/mol. The lowest BCUT2D eigenvalue weighted by Gasteiger charge is -2.11. The highest BCUT2D eigenvalue weighted by Crippen LogP contribution is 2.22. The molecule has 1 aliphatic heterocycles. The van der Waals surface area contributed by atoms with E-state index in [1.54, 1.807) is 18.2 Å². The third kappa shape index (κ3) is 2.67. The van der Waals surface area contributed by atoms with Crippen molar-refractivity contribution in [3.8, 4) is 0 Å². The quantitative estimate of drug-likeness (QED) is 0.853. The number of amides is 1. The van der Waals surface area contributed by atoms with Gasteiger partial charge in [-0.25, -0.2) is 0 Å². The van der Waals surface area contributed by atoms with Gasteiger partial charge < -0.3 is 10.6 Å². The predicted molar refractivity (Wildman–Crippen MR) is 65.2 cm³/mol. The number of carbonyl (C=O) groups is 1. The summed E-state index contributed by atoms with van der Waals surface area (Å²) < 4.78 is 0. The summed E-state index contributed by atoms with van der Waals surface area (Å²) in [5.41, 5.74) is 0.543. The first-order valence-corrected chi connectivity index (χ1v) is 5.89. The maximum Gasteiger partial charge on any atom is 0.251 e. The van der Waals surface area contributed by atoms with Gasteiger partial charge in [-0.15, -0.1) is 0 Å². The molecule has 5 heteroatoms. The van der Waals surface area contributed by atoms with Crippen molar-refractivity contribution < 1.29 is 4.79 Å². The number of benzene rings is 1. The van der Waals surface area contributed by atoms with Gasteiger partial charge in [0.25, 0.3) is 5.91 Å². The molecule has 86 valence electrons. The van der Waals surface area contributed by atoms with Crippen molar-refractivity contribution in [1.82, 2.24) is 10.6 Å². The van der Waals surface area contributed by atoms with Gasteiger partial charge in [0.1, 0.15) is 0 Å². The molecule has 1 heterocycles. The van der Waals surface area contributed by atoms with E-state index < -0.39 is 0 Å². The molecule has 1 atom stereocenters. The van der Waals surface area contributed by atoms with Gasteiger partial charge in [0.2, 0.25) is 0 Å². The molecule has 1 aromatic carbocycles. The smallest absolute Gasteiger partial charge is 0.251 e. The fourth-order valence-electron chi connectivity index (χ4n) is 1.68. The second-order valence-corrected chi connectivity index (χ2v) is 4.61. The van der Waals surface area contributed by atoms with Crippen molar-refractivity contribution in [3.05, 3.63) is 33.8 Å². The van der Waals surface area contributed by atoms with Crippen LogP contribution in [-0.2, 0) is 0 Å². The van der Waals surface area contributed by atoms with Gasteiger partial charge in [0.15, 0.2) is 0 Å². The Morgan fingerprint density at radius 2 is 2.19 bits per heavy atom. The van der Waals surface area contributed by atoms with E-state index in [0.717, 1.165) is 19.5 Å². The molecule has 1 fully saturated rings. The average Bonchev–Trinajstić information content (AvgIpc) is 2.74. The van der Waals surface area contributed by atoms with E-state index in [1.807, 2.05) is 0 Å². The Kier molecular flexibility index (Phi) is 3.69. The Balaban J connectivity index is 2.05. The molecule has 0 bridgehead atoms. The minimum Gasteiger partial charge on any atom is -0.348 e. The lowest BCUT2D eigenvalue weighted by Crippen LogP contribution is -2.36. The van der Waals surface area contributed by atoms with Gasteiger partial charge in [0, 0.05) is 18.2 Å². The summed E-state index contributed by atoms with van der Waals surface area (Å²) in [5, 5.41) is 6.99. The number of rotatable bonds is 2. The Hall–Kier alpha value is -0.770. The molecule has 0 aliphatic carbocycles. The van der Waals surface area contributed by atoms with Crippen LogP contribution in [0.25, 0.3) is 0 Å². The summed E-state index contributed by atoms with van der Waals surface area (Å²) in [4.78, 5) is 11.8. The van der Waals surface area contributed by atoms with Crippen LogP contribution in [0.2, 0.25) is 10.0 Å². The van der Waals surface area contributed by atoms with E-state index in [4.69, 9.17) is 23.2 Å². The summed E-state index contributed by atoms with van der Waals surface area (Å²) in [5.74, 6) is -0.104. The normalized spacial score (nSPS) is 19.8. The van der Waals surface area contributed by atoms with Crippen molar-refractivity contribution >= 4 is 29.1 Å². The summed E-state index contributed by atoms with van der Waals surface area (Å²) in [6.07, 6.45) is 0.965. The molecule has 2 N–H and O–H groups in total. The van der Waals surface area contributed by atoms with E-state index in [9.17, 15) is 4.79 Å². The molecule has 2 rings (SSSR count).